The Balaban J connectivity index is 1.75. The fourth-order valence-corrected chi connectivity index (χ4v) is 2.00. The largest absolute Gasteiger partial charge is 0.360 e. The van der Waals surface area contributed by atoms with Gasteiger partial charge in [0.2, 0.25) is 0 Å². The molecule has 2 aromatic heterocycles. The molecule has 1 aromatic carbocycles. The number of hydrogen-bond donors (Lipinski definition) is 2. The van der Waals surface area contributed by atoms with Gasteiger partial charge in [-0.15, -0.1) is 0 Å². The van der Waals surface area contributed by atoms with Crippen LogP contribution in [0.5, 0.6) is 0 Å². The van der Waals surface area contributed by atoms with Crippen molar-refractivity contribution in [3.63, 3.8) is 0 Å². The van der Waals surface area contributed by atoms with E-state index in [1.807, 2.05) is 31.2 Å². The second-order valence-corrected chi connectivity index (χ2v) is 5.28. The Labute approximate surface area is 129 Å². The number of benzene rings is 1. The van der Waals surface area contributed by atoms with Crippen molar-refractivity contribution in [1.29, 1.82) is 0 Å². The lowest BCUT2D eigenvalue weighted by atomic mass is 10.3. The van der Waals surface area contributed by atoms with Crippen molar-refractivity contribution in [3.05, 3.63) is 53.0 Å². The molecule has 0 atom stereocenters. The standard InChI is InChI=1S/C14H12BrN5O/c1-9-6-14(20-21-9)19-13-7-12(16-8-17-13)18-11-4-2-10(15)3-5-11/h2-8H,1H3,(H2,16,17,18,19,20). The van der Waals surface area contributed by atoms with Gasteiger partial charge in [0.1, 0.15) is 23.7 Å². The third-order valence-corrected chi connectivity index (χ3v) is 3.20. The van der Waals surface area contributed by atoms with Gasteiger partial charge >= 0.3 is 0 Å². The molecule has 2 heterocycles. The molecule has 0 spiro atoms. The molecule has 2 N–H and O–H groups in total. The van der Waals surface area contributed by atoms with E-state index in [0.29, 0.717) is 17.5 Å². The van der Waals surface area contributed by atoms with Crippen molar-refractivity contribution < 1.29 is 4.52 Å². The summed E-state index contributed by atoms with van der Waals surface area (Å²) in [4.78, 5) is 8.33. The number of anilines is 4. The van der Waals surface area contributed by atoms with Gasteiger partial charge in [0.25, 0.3) is 0 Å². The average Bonchev–Trinajstić information content (AvgIpc) is 2.87. The SMILES string of the molecule is Cc1cc(Nc2cc(Nc3ccc(Br)cc3)ncn2)no1. The molecule has 0 fully saturated rings. The highest BCUT2D eigenvalue weighted by molar-refractivity contribution is 9.10. The zero-order valence-corrected chi connectivity index (χ0v) is 12.8. The number of halogens is 1. The minimum Gasteiger partial charge on any atom is -0.360 e. The Morgan fingerprint density at radius 2 is 1.67 bits per heavy atom. The molecule has 7 heteroatoms. The number of aromatic nitrogens is 3. The number of hydrogen-bond acceptors (Lipinski definition) is 6. The fraction of sp³-hybridized carbons (Fsp3) is 0.0714. The molecular weight excluding hydrogens is 334 g/mol. The molecule has 0 aliphatic rings. The highest BCUT2D eigenvalue weighted by Gasteiger charge is 2.03. The molecular formula is C14H12BrN5O. The third-order valence-electron chi connectivity index (χ3n) is 2.67. The van der Waals surface area contributed by atoms with Gasteiger partial charge in [-0.05, 0) is 31.2 Å². The molecule has 0 saturated heterocycles. The van der Waals surface area contributed by atoms with Crippen molar-refractivity contribution in [1.82, 2.24) is 15.1 Å². The van der Waals surface area contributed by atoms with E-state index in [1.54, 1.807) is 12.1 Å². The molecule has 0 aliphatic carbocycles. The summed E-state index contributed by atoms with van der Waals surface area (Å²) in [6, 6.07) is 11.4. The Morgan fingerprint density at radius 1 is 0.952 bits per heavy atom. The first-order valence-electron chi connectivity index (χ1n) is 6.24. The van der Waals surface area contributed by atoms with Gasteiger partial charge in [-0.25, -0.2) is 9.97 Å². The Hall–Kier alpha value is -2.41. The molecule has 0 aliphatic heterocycles. The van der Waals surface area contributed by atoms with Crippen molar-refractivity contribution in [2.24, 2.45) is 0 Å². The molecule has 21 heavy (non-hydrogen) atoms. The normalized spacial score (nSPS) is 10.4. The quantitative estimate of drug-likeness (QED) is 0.743. The molecule has 6 nitrogen and oxygen atoms in total. The molecule has 106 valence electrons. The summed E-state index contributed by atoms with van der Waals surface area (Å²) in [5.41, 5.74) is 0.945. The summed E-state index contributed by atoms with van der Waals surface area (Å²) >= 11 is 3.40. The predicted octanol–water partition coefficient (Wildman–Crippen LogP) is 4.02. The summed E-state index contributed by atoms with van der Waals surface area (Å²) in [6.45, 7) is 1.83. The monoisotopic (exact) mass is 345 g/mol. The zero-order valence-electron chi connectivity index (χ0n) is 11.2. The van der Waals surface area contributed by atoms with Crippen LogP contribution in [-0.4, -0.2) is 15.1 Å². The first-order chi connectivity index (χ1) is 10.2. The maximum absolute atomic E-state index is 5.00. The van der Waals surface area contributed by atoms with Crippen LogP contribution in [0.15, 0.2) is 51.7 Å². The van der Waals surface area contributed by atoms with Gasteiger partial charge in [-0.3, -0.25) is 0 Å². The van der Waals surface area contributed by atoms with Crippen LogP contribution in [0.1, 0.15) is 5.76 Å². The highest BCUT2D eigenvalue weighted by atomic mass is 79.9. The van der Waals surface area contributed by atoms with Gasteiger partial charge in [0, 0.05) is 22.3 Å². The summed E-state index contributed by atoms with van der Waals surface area (Å²) in [5.74, 6) is 2.67. The molecule has 3 aromatic rings. The maximum atomic E-state index is 5.00. The fourth-order valence-electron chi connectivity index (χ4n) is 1.73. The molecule has 0 unspecified atom stereocenters. The Bertz CT molecular complexity index is 741. The van der Waals surface area contributed by atoms with Crippen LogP contribution in [0.3, 0.4) is 0 Å². The van der Waals surface area contributed by atoms with Gasteiger partial charge in [-0.1, -0.05) is 21.1 Å². The number of nitrogens with one attached hydrogen (secondary N) is 2. The number of aryl methyl sites for hydroxylation is 1. The minimum absolute atomic E-state index is 0.612. The van der Waals surface area contributed by atoms with Gasteiger partial charge in [0.15, 0.2) is 5.82 Å². The molecule has 0 bridgehead atoms. The summed E-state index contributed by atoms with van der Waals surface area (Å²) in [5, 5.41) is 10.1. The predicted molar refractivity (Wildman–Crippen MR) is 84.0 cm³/mol. The molecule has 3 rings (SSSR count). The second kappa shape index (κ2) is 5.92. The number of nitrogens with zero attached hydrogens (tertiary/aromatic N) is 3. The van der Waals surface area contributed by atoms with Crippen LogP contribution in [0, 0.1) is 6.92 Å². The summed E-state index contributed by atoms with van der Waals surface area (Å²) < 4.78 is 6.03. The van der Waals surface area contributed by atoms with Crippen molar-refractivity contribution in [2.45, 2.75) is 6.92 Å². The summed E-state index contributed by atoms with van der Waals surface area (Å²) in [7, 11) is 0. The van der Waals surface area contributed by atoms with Crippen LogP contribution >= 0.6 is 15.9 Å². The van der Waals surface area contributed by atoms with Crippen molar-refractivity contribution in [3.8, 4) is 0 Å². The first kappa shape index (κ1) is 13.6. The Kier molecular flexibility index (Phi) is 3.83. The van der Waals surface area contributed by atoms with Crippen LogP contribution in [0.4, 0.5) is 23.1 Å². The van der Waals surface area contributed by atoms with Crippen LogP contribution in [0.25, 0.3) is 0 Å². The minimum atomic E-state index is 0.612. The van der Waals surface area contributed by atoms with Gasteiger partial charge < -0.3 is 15.2 Å². The lowest BCUT2D eigenvalue weighted by Crippen LogP contribution is -1.98. The highest BCUT2D eigenvalue weighted by Crippen LogP contribution is 2.20. The third kappa shape index (κ3) is 3.57. The van der Waals surface area contributed by atoms with E-state index >= 15 is 0 Å². The van der Waals surface area contributed by atoms with E-state index < -0.39 is 0 Å². The van der Waals surface area contributed by atoms with E-state index in [1.165, 1.54) is 6.33 Å². The van der Waals surface area contributed by atoms with E-state index in [2.05, 4.69) is 41.7 Å². The van der Waals surface area contributed by atoms with Crippen LogP contribution in [0.2, 0.25) is 0 Å². The lowest BCUT2D eigenvalue weighted by Gasteiger charge is -2.07. The Morgan fingerprint density at radius 3 is 2.33 bits per heavy atom. The van der Waals surface area contributed by atoms with Crippen molar-refractivity contribution in [2.75, 3.05) is 10.6 Å². The first-order valence-corrected chi connectivity index (χ1v) is 7.03. The van der Waals surface area contributed by atoms with Gasteiger partial charge in [-0.2, -0.15) is 0 Å². The number of rotatable bonds is 4. The van der Waals surface area contributed by atoms with E-state index in [0.717, 1.165) is 15.9 Å². The lowest BCUT2D eigenvalue weighted by molar-refractivity contribution is 0.400. The second-order valence-electron chi connectivity index (χ2n) is 4.37. The van der Waals surface area contributed by atoms with E-state index in [-0.39, 0.29) is 0 Å². The zero-order chi connectivity index (χ0) is 14.7. The van der Waals surface area contributed by atoms with E-state index in [9.17, 15) is 0 Å². The smallest absolute Gasteiger partial charge is 0.175 e. The van der Waals surface area contributed by atoms with Crippen LogP contribution < -0.4 is 10.6 Å². The molecule has 0 amide bonds. The molecule has 0 saturated carbocycles. The summed E-state index contributed by atoms with van der Waals surface area (Å²) in [6.07, 6.45) is 1.48. The van der Waals surface area contributed by atoms with Gasteiger partial charge in [0.05, 0.1) is 0 Å². The maximum Gasteiger partial charge on any atom is 0.175 e. The topological polar surface area (TPSA) is 75.9 Å². The average molecular weight is 346 g/mol. The van der Waals surface area contributed by atoms with Crippen LogP contribution in [-0.2, 0) is 0 Å². The molecule has 0 radical (unpaired) electrons. The van der Waals surface area contributed by atoms with Crippen molar-refractivity contribution >= 4 is 39.1 Å². The van der Waals surface area contributed by atoms with E-state index in [4.69, 9.17) is 4.52 Å².